The predicted octanol–water partition coefficient (Wildman–Crippen LogP) is 1.21. The Hall–Kier alpha value is -1.43. The molecule has 1 unspecified atom stereocenters. The molecule has 1 aromatic carbocycles. The molecule has 2 saturated heterocycles. The van der Waals surface area contributed by atoms with E-state index in [1.807, 2.05) is 18.2 Å². The highest BCUT2D eigenvalue weighted by Gasteiger charge is 2.45. The summed E-state index contributed by atoms with van der Waals surface area (Å²) >= 11 is 0. The lowest BCUT2D eigenvalue weighted by Gasteiger charge is -2.38. The Morgan fingerprint density at radius 3 is 2.36 bits per heavy atom. The van der Waals surface area contributed by atoms with Crippen molar-refractivity contribution in [3.05, 3.63) is 35.9 Å². The third kappa shape index (κ3) is 3.73. The van der Waals surface area contributed by atoms with Gasteiger partial charge in [0.15, 0.2) is 11.8 Å². The van der Waals surface area contributed by atoms with Gasteiger partial charge in [0.25, 0.3) is 5.91 Å². The molecule has 0 aromatic heterocycles. The van der Waals surface area contributed by atoms with Crippen molar-refractivity contribution in [2.24, 2.45) is 0 Å². The molecule has 3 aliphatic rings. The summed E-state index contributed by atoms with van der Waals surface area (Å²) in [5.74, 6) is -0.204. The van der Waals surface area contributed by atoms with Gasteiger partial charge < -0.3 is 19.7 Å². The van der Waals surface area contributed by atoms with E-state index in [-0.39, 0.29) is 17.7 Å². The highest BCUT2D eigenvalue weighted by atomic mass is 16.7. The van der Waals surface area contributed by atoms with E-state index in [9.17, 15) is 4.79 Å². The summed E-state index contributed by atoms with van der Waals surface area (Å²) in [6.07, 6.45) is 6.43. The smallest absolute Gasteiger partial charge is 0.283 e. The second-order valence-electron chi connectivity index (χ2n) is 7.60. The van der Waals surface area contributed by atoms with Gasteiger partial charge in [0.2, 0.25) is 0 Å². The molecule has 2 heterocycles. The molecule has 136 valence electrons. The van der Waals surface area contributed by atoms with Crippen LogP contribution in [0.25, 0.3) is 0 Å². The number of carbonyl (C=O) groups excluding carboxylic acids is 1. The fraction of sp³-hybridized carbons (Fsp3) is 0.650. The molecule has 0 radical (unpaired) electrons. The summed E-state index contributed by atoms with van der Waals surface area (Å²) < 4.78 is 11.7. The molecular formula is C20H29N2O3+. The van der Waals surface area contributed by atoms with Gasteiger partial charge in [-0.25, -0.2) is 0 Å². The first-order valence-corrected chi connectivity index (χ1v) is 9.74. The predicted molar refractivity (Wildman–Crippen MR) is 94.1 cm³/mol. The number of amides is 1. The van der Waals surface area contributed by atoms with Crippen LogP contribution in [0.2, 0.25) is 0 Å². The van der Waals surface area contributed by atoms with Crippen LogP contribution in [0.1, 0.15) is 50.1 Å². The molecule has 1 spiro atoms. The highest BCUT2D eigenvalue weighted by molar-refractivity contribution is 5.82. The number of rotatable bonds is 4. The number of likely N-dealkylation sites (tertiary alicyclic amines) is 1. The van der Waals surface area contributed by atoms with Gasteiger partial charge in [-0.3, -0.25) is 4.79 Å². The minimum absolute atomic E-state index is 0.138. The Bertz CT molecular complexity index is 570. The molecule has 1 saturated carbocycles. The second-order valence-corrected chi connectivity index (χ2v) is 7.60. The summed E-state index contributed by atoms with van der Waals surface area (Å²) in [7, 11) is 0. The molecule has 2 aliphatic heterocycles. The number of nitrogens with one attached hydrogen (secondary N) is 2. The van der Waals surface area contributed by atoms with Crippen LogP contribution in [0.3, 0.4) is 0 Å². The average Bonchev–Trinajstić information content (AvgIpc) is 3.31. The fourth-order valence-corrected chi connectivity index (χ4v) is 4.60. The maximum absolute atomic E-state index is 13.1. The number of carbonyl (C=O) groups is 1. The molecule has 25 heavy (non-hydrogen) atoms. The number of benzene rings is 1. The van der Waals surface area contributed by atoms with Gasteiger partial charge in [-0.05, 0) is 12.8 Å². The van der Waals surface area contributed by atoms with Crippen LogP contribution in [0.5, 0.6) is 0 Å². The van der Waals surface area contributed by atoms with Crippen molar-refractivity contribution in [1.82, 2.24) is 5.32 Å². The first-order chi connectivity index (χ1) is 12.3. The molecule has 1 aromatic rings. The number of hydrogen-bond acceptors (Lipinski definition) is 3. The van der Waals surface area contributed by atoms with Crippen molar-refractivity contribution in [2.45, 2.75) is 56.4 Å². The third-order valence-electron chi connectivity index (χ3n) is 5.97. The minimum Gasteiger partial charge on any atom is -0.348 e. The zero-order valence-electron chi connectivity index (χ0n) is 14.8. The number of quaternary nitrogens is 1. The Labute approximate surface area is 149 Å². The zero-order chi connectivity index (χ0) is 17.1. The van der Waals surface area contributed by atoms with E-state index in [0.29, 0.717) is 19.3 Å². The Morgan fingerprint density at radius 1 is 1.08 bits per heavy atom. The maximum Gasteiger partial charge on any atom is 0.283 e. The minimum atomic E-state index is -0.382. The summed E-state index contributed by atoms with van der Waals surface area (Å²) in [6.45, 7) is 3.19. The van der Waals surface area contributed by atoms with Crippen molar-refractivity contribution in [1.29, 1.82) is 0 Å². The van der Waals surface area contributed by atoms with E-state index in [0.717, 1.165) is 44.3 Å². The van der Waals surface area contributed by atoms with Gasteiger partial charge in [0.05, 0.1) is 39.1 Å². The van der Waals surface area contributed by atoms with Crippen molar-refractivity contribution in [2.75, 3.05) is 26.3 Å². The van der Waals surface area contributed by atoms with E-state index in [1.165, 1.54) is 17.7 Å². The number of hydrogen-bond donors (Lipinski definition) is 2. The summed E-state index contributed by atoms with van der Waals surface area (Å²) in [6, 6.07) is 10.4. The van der Waals surface area contributed by atoms with E-state index in [1.54, 1.807) is 0 Å². The molecule has 2 N–H and O–H groups in total. The molecular weight excluding hydrogens is 316 g/mol. The van der Waals surface area contributed by atoms with Crippen LogP contribution in [0.4, 0.5) is 0 Å². The second kappa shape index (κ2) is 7.44. The molecule has 4 rings (SSSR count). The van der Waals surface area contributed by atoms with E-state index in [4.69, 9.17) is 9.47 Å². The normalized spacial score (nSPS) is 25.3. The largest absolute Gasteiger partial charge is 0.348 e. The molecule has 1 aliphatic carbocycles. The van der Waals surface area contributed by atoms with Crippen LogP contribution >= 0.6 is 0 Å². The van der Waals surface area contributed by atoms with Crippen LogP contribution < -0.4 is 10.2 Å². The lowest BCUT2D eigenvalue weighted by Crippen LogP contribution is -3.15. The summed E-state index contributed by atoms with van der Waals surface area (Å²) in [5.41, 5.74) is 1.11. The van der Waals surface area contributed by atoms with Crippen molar-refractivity contribution < 1.29 is 19.2 Å². The standard InChI is InChI=1S/C20H28N2O3/c23-19(21-17-8-4-5-9-17)18(16-6-2-1-3-7-16)22-12-10-20(11-13-22)24-14-15-25-20/h1-3,6-7,17-18H,4-5,8-15H2,(H,21,23)/p+1. The van der Waals surface area contributed by atoms with Crippen molar-refractivity contribution in [3.63, 3.8) is 0 Å². The van der Waals surface area contributed by atoms with Crippen LogP contribution in [-0.4, -0.2) is 44.0 Å². The van der Waals surface area contributed by atoms with E-state index in [2.05, 4.69) is 17.4 Å². The SMILES string of the molecule is O=C(NC1CCCC1)C(c1ccccc1)[NH+]1CCC2(CC1)OCCO2. The van der Waals surface area contributed by atoms with Gasteiger partial charge in [-0.2, -0.15) is 0 Å². The fourth-order valence-electron chi connectivity index (χ4n) is 4.60. The molecule has 5 heteroatoms. The zero-order valence-corrected chi connectivity index (χ0v) is 14.8. The molecule has 1 amide bonds. The Morgan fingerprint density at radius 2 is 1.72 bits per heavy atom. The third-order valence-corrected chi connectivity index (χ3v) is 5.97. The van der Waals surface area contributed by atoms with Gasteiger partial charge >= 0.3 is 0 Å². The Kier molecular flexibility index (Phi) is 5.06. The molecule has 1 atom stereocenters. The monoisotopic (exact) mass is 345 g/mol. The Balaban J connectivity index is 1.48. The lowest BCUT2D eigenvalue weighted by atomic mass is 9.97. The number of piperidine rings is 1. The highest BCUT2D eigenvalue weighted by Crippen LogP contribution is 2.28. The van der Waals surface area contributed by atoms with E-state index < -0.39 is 0 Å². The molecule has 5 nitrogen and oxygen atoms in total. The van der Waals surface area contributed by atoms with Gasteiger partial charge in [-0.1, -0.05) is 43.2 Å². The first kappa shape index (κ1) is 17.0. The van der Waals surface area contributed by atoms with Crippen LogP contribution in [0.15, 0.2) is 30.3 Å². The number of ether oxygens (including phenoxy) is 2. The average molecular weight is 345 g/mol. The topological polar surface area (TPSA) is 52.0 Å². The molecule has 0 bridgehead atoms. The van der Waals surface area contributed by atoms with Crippen LogP contribution in [-0.2, 0) is 14.3 Å². The lowest BCUT2D eigenvalue weighted by molar-refractivity contribution is -0.930. The van der Waals surface area contributed by atoms with Gasteiger partial charge in [0, 0.05) is 11.6 Å². The first-order valence-electron chi connectivity index (χ1n) is 9.74. The van der Waals surface area contributed by atoms with Crippen molar-refractivity contribution >= 4 is 5.91 Å². The van der Waals surface area contributed by atoms with Crippen LogP contribution in [0, 0.1) is 0 Å². The molecule has 3 fully saturated rings. The van der Waals surface area contributed by atoms with Gasteiger partial charge in [0.1, 0.15) is 0 Å². The van der Waals surface area contributed by atoms with Gasteiger partial charge in [-0.15, -0.1) is 0 Å². The summed E-state index contributed by atoms with van der Waals surface area (Å²) in [4.78, 5) is 14.4. The quantitative estimate of drug-likeness (QED) is 0.862. The van der Waals surface area contributed by atoms with Crippen molar-refractivity contribution in [3.8, 4) is 0 Å². The summed E-state index contributed by atoms with van der Waals surface area (Å²) in [5, 5.41) is 3.31. The maximum atomic E-state index is 13.1. The van der Waals surface area contributed by atoms with E-state index >= 15 is 0 Å².